The molecular weight excluding hydrogens is 408 g/mol. The van der Waals surface area contributed by atoms with Crippen molar-refractivity contribution >= 4 is 12.1 Å². The highest BCUT2D eigenvalue weighted by Gasteiger charge is 2.70. The van der Waals surface area contributed by atoms with E-state index in [1.807, 2.05) is 0 Å². The molecule has 186 valence electrons. The smallest absolute Gasteiger partial charge is 0.151 e. The fourth-order valence-corrected chi connectivity index (χ4v) is 9.39. The minimum absolute atomic E-state index is 0.0470. The van der Waals surface area contributed by atoms with E-state index in [0.717, 1.165) is 44.8 Å². The number of carbonyl (C=O) groups is 2. The van der Waals surface area contributed by atoms with Gasteiger partial charge in [-0.25, -0.2) is 0 Å². The van der Waals surface area contributed by atoms with Gasteiger partial charge in [-0.05, 0) is 83.5 Å². The molecule has 3 saturated carbocycles. The van der Waals surface area contributed by atoms with Crippen molar-refractivity contribution in [2.75, 3.05) is 0 Å². The summed E-state index contributed by atoms with van der Waals surface area (Å²) in [7, 11) is 0. The molecule has 0 heterocycles. The van der Waals surface area contributed by atoms with Gasteiger partial charge in [-0.3, -0.25) is 4.79 Å². The van der Waals surface area contributed by atoms with Crippen LogP contribution in [0.15, 0.2) is 11.6 Å². The Kier molecular flexibility index (Phi) is 6.34. The zero-order valence-corrected chi connectivity index (χ0v) is 22.2. The second kappa shape index (κ2) is 8.32. The van der Waals surface area contributed by atoms with Crippen LogP contribution in [0, 0.1) is 51.2 Å². The molecule has 4 aliphatic carbocycles. The number of ketones is 1. The summed E-state index contributed by atoms with van der Waals surface area (Å²) in [6.07, 6.45) is 12.0. The van der Waals surface area contributed by atoms with Gasteiger partial charge in [0.05, 0.1) is 6.10 Å². The number of aldehydes is 1. The maximum absolute atomic E-state index is 13.9. The van der Waals surface area contributed by atoms with Gasteiger partial charge in [0.2, 0.25) is 0 Å². The lowest BCUT2D eigenvalue weighted by molar-refractivity contribution is -0.148. The normalized spacial score (nSPS) is 45.1. The molecular formula is C30H48O3. The number of carbonyl (C=O) groups excluding carboxylic acids is 2. The molecule has 0 spiro atoms. The number of hydrogen-bond donors (Lipinski definition) is 1. The molecule has 8 atom stereocenters. The Bertz CT molecular complexity index is 824. The summed E-state index contributed by atoms with van der Waals surface area (Å²) in [5.41, 5.74) is -0.124. The molecule has 0 unspecified atom stereocenters. The summed E-state index contributed by atoms with van der Waals surface area (Å²) in [5.74, 6) is 2.32. The van der Waals surface area contributed by atoms with Crippen molar-refractivity contribution in [3.05, 3.63) is 11.6 Å². The van der Waals surface area contributed by atoms with Crippen LogP contribution in [0.4, 0.5) is 0 Å². The first-order valence-corrected chi connectivity index (χ1v) is 13.7. The lowest BCUT2D eigenvalue weighted by Gasteiger charge is -2.63. The number of allylic oxidation sites excluding steroid dienone is 2. The van der Waals surface area contributed by atoms with Gasteiger partial charge in [0, 0.05) is 6.42 Å². The maximum Gasteiger partial charge on any atom is 0.151 e. The van der Waals surface area contributed by atoms with Crippen LogP contribution in [0.3, 0.4) is 0 Å². The van der Waals surface area contributed by atoms with Gasteiger partial charge in [-0.2, -0.15) is 0 Å². The third kappa shape index (κ3) is 3.38. The Hall–Kier alpha value is -0.960. The maximum atomic E-state index is 13.9. The Morgan fingerprint density at radius 3 is 2.42 bits per heavy atom. The number of aliphatic hydroxyl groups is 1. The Labute approximate surface area is 202 Å². The molecule has 1 N–H and O–H groups in total. The van der Waals surface area contributed by atoms with Crippen LogP contribution in [-0.2, 0) is 9.59 Å². The molecule has 33 heavy (non-hydrogen) atoms. The molecule has 4 aliphatic rings. The minimum atomic E-state index is -0.929. The summed E-state index contributed by atoms with van der Waals surface area (Å²) >= 11 is 0. The third-order valence-electron chi connectivity index (χ3n) is 11.5. The predicted molar refractivity (Wildman–Crippen MR) is 134 cm³/mol. The molecule has 0 radical (unpaired) electrons. The van der Waals surface area contributed by atoms with Gasteiger partial charge in [0.15, 0.2) is 5.78 Å². The zero-order valence-electron chi connectivity index (χ0n) is 22.2. The standard InChI is InChI=1S/C30H48O3/c1-19(2)9-8-10-20(3)23-17-26(33)30(18-31)22-11-12-24-27(4,5)25(32)14-15-28(24,6)21(22)13-16-29(23,30)7/h11,18-21,23-25,32H,8-10,12-17H2,1-7H3/t20-,21+,23-,24+,25+,28-,29-,30-/m1/s1. The second-order valence-corrected chi connectivity index (χ2v) is 13.8. The molecule has 0 amide bonds. The molecule has 0 aromatic heterocycles. The molecule has 3 nitrogen and oxygen atoms in total. The quantitative estimate of drug-likeness (QED) is 0.272. The lowest BCUT2D eigenvalue weighted by Crippen LogP contribution is -2.60. The van der Waals surface area contributed by atoms with Crippen LogP contribution in [0.1, 0.15) is 106 Å². The second-order valence-electron chi connectivity index (χ2n) is 13.8. The third-order valence-corrected chi connectivity index (χ3v) is 11.5. The highest BCUT2D eigenvalue weighted by atomic mass is 16.3. The topological polar surface area (TPSA) is 54.4 Å². The van der Waals surface area contributed by atoms with Crippen molar-refractivity contribution in [2.45, 2.75) is 112 Å². The van der Waals surface area contributed by atoms with E-state index in [0.29, 0.717) is 30.1 Å². The van der Waals surface area contributed by atoms with Crippen molar-refractivity contribution in [1.82, 2.24) is 0 Å². The van der Waals surface area contributed by atoms with Gasteiger partial charge in [-0.1, -0.05) is 73.8 Å². The molecule has 0 aliphatic heterocycles. The number of Topliss-reactive ketones (excluding diaryl/α,β-unsaturated/α-hetero) is 1. The van der Waals surface area contributed by atoms with Crippen LogP contribution < -0.4 is 0 Å². The Morgan fingerprint density at radius 2 is 1.79 bits per heavy atom. The zero-order chi connectivity index (χ0) is 24.4. The highest BCUT2D eigenvalue weighted by molar-refractivity contribution is 6.05. The monoisotopic (exact) mass is 456 g/mol. The van der Waals surface area contributed by atoms with E-state index >= 15 is 0 Å². The predicted octanol–water partition coefficient (Wildman–Crippen LogP) is 6.77. The number of aliphatic hydroxyl groups excluding tert-OH is 1. The van der Waals surface area contributed by atoms with E-state index in [1.54, 1.807) is 0 Å². The molecule has 0 aromatic rings. The highest BCUT2D eigenvalue weighted by Crippen LogP contribution is 2.71. The van der Waals surface area contributed by atoms with Gasteiger partial charge < -0.3 is 9.90 Å². The van der Waals surface area contributed by atoms with E-state index in [-0.39, 0.29) is 34.1 Å². The van der Waals surface area contributed by atoms with Crippen LogP contribution in [0.2, 0.25) is 0 Å². The van der Waals surface area contributed by atoms with Crippen LogP contribution in [0.5, 0.6) is 0 Å². The molecule has 0 bridgehead atoms. The fourth-order valence-electron chi connectivity index (χ4n) is 9.39. The largest absolute Gasteiger partial charge is 0.393 e. The fraction of sp³-hybridized carbons (Fsp3) is 0.867. The first-order chi connectivity index (χ1) is 15.4. The summed E-state index contributed by atoms with van der Waals surface area (Å²) in [5, 5.41) is 10.8. The Balaban J connectivity index is 1.70. The molecule has 3 fully saturated rings. The van der Waals surface area contributed by atoms with E-state index in [1.165, 1.54) is 18.4 Å². The number of fused-ring (bicyclic) bond motifs is 5. The Morgan fingerprint density at radius 1 is 1.09 bits per heavy atom. The van der Waals surface area contributed by atoms with Crippen LogP contribution >= 0.6 is 0 Å². The SMILES string of the molecule is CC(C)CCC[C@@H](C)[C@H]1CC(=O)[C@@]2(C=O)C3=CC[C@H]4C(C)(C)[C@@H](O)CC[C@]4(C)[C@H]3CC[C@]12C. The summed E-state index contributed by atoms with van der Waals surface area (Å²) in [4.78, 5) is 26.9. The van der Waals surface area contributed by atoms with Crippen molar-refractivity contribution in [3.63, 3.8) is 0 Å². The van der Waals surface area contributed by atoms with E-state index in [4.69, 9.17) is 0 Å². The first-order valence-electron chi connectivity index (χ1n) is 13.7. The van der Waals surface area contributed by atoms with E-state index in [2.05, 4.69) is 54.5 Å². The van der Waals surface area contributed by atoms with Gasteiger partial charge in [0.25, 0.3) is 0 Å². The average molecular weight is 457 g/mol. The molecule has 4 rings (SSSR count). The van der Waals surface area contributed by atoms with Crippen molar-refractivity contribution < 1.29 is 14.7 Å². The summed E-state index contributed by atoms with van der Waals surface area (Å²) < 4.78 is 0. The van der Waals surface area contributed by atoms with Crippen molar-refractivity contribution in [1.29, 1.82) is 0 Å². The lowest BCUT2D eigenvalue weighted by atomic mass is 9.40. The summed E-state index contributed by atoms with van der Waals surface area (Å²) in [6, 6.07) is 0. The van der Waals surface area contributed by atoms with Crippen LogP contribution in [0.25, 0.3) is 0 Å². The van der Waals surface area contributed by atoms with Gasteiger partial charge >= 0.3 is 0 Å². The minimum Gasteiger partial charge on any atom is -0.393 e. The molecule has 3 heteroatoms. The van der Waals surface area contributed by atoms with Crippen molar-refractivity contribution in [3.8, 4) is 0 Å². The molecule has 0 saturated heterocycles. The average Bonchev–Trinajstić information content (AvgIpc) is 2.98. The van der Waals surface area contributed by atoms with Gasteiger partial charge in [-0.15, -0.1) is 0 Å². The van der Waals surface area contributed by atoms with Crippen molar-refractivity contribution in [2.24, 2.45) is 51.2 Å². The first kappa shape index (κ1) is 25.1. The van der Waals surface area contributed by atoms with E-state index < -0.39 is 5.41 Å². The summed E-state index contributed by atoms with van der Waals surface area (Å²) in [6.45, 7) is 16.0. The number of hydrogen-bond acceptors (Lipinski definition) is 3. The van der Waals surface area contributed by atoms with E-state index in [9.17, 15) is 14.7 Å². The van der Waals surface area contributed by atoms with Crippen LogP contribution in [-0.4, -0.2) is 23.3 Å². The van der Waals surface area contributed by atoms with Gasteiger partial charge in [0.1, 0.15) is 11.7 Å². The number of rotatable bonds is 6. The molecule has 0 aromatic carbocycles.